The molecule has 0 saturated heterocycles. The molecular weight excluding hydrogens is 205 g/mol. The van der Waals surface area contributed by atoms with Gasteiger partial charge in [-0.2, -0.15) is 5.10 Å². The summed E-state index contributed by atoms with van der Waals surface area (Å²) in [7, 11) is 0. The van der Waals surface area contributed by atoms with Crippen LogP contribution in [0.15, 0.2) is 30.6 Å². The highest BCUT2D eigenvalue weighted by atomic mass is 19.1. The molecule has 0 bridgehead atoms. The summed E-state index contributed by atoms with van der Waals surface area (Å²) < 4.78 is 14.9. The molecule has 2 N–H and O–H groups in total. The molecule has 16 heavy (non-hydrogen) atoms. The van der Waals surface area contributed by atoms with Crippen LogP contribution < -0.4 is 5.73 Å². The summed E-state index contributed by atoms with van der Waals surface area (Å²) in [6, 6.07) is 4.63. The summed E-state index contributed by atoms with van der Waals surface area (Å²) in [5.74, 6) is -0.290. The second-order valence-electron chi connectivity index (χ2n) is 4.03. The summed E-state index contributed by atoms with van der Waals surface area (Å²) in [6.07, 6.45) is 3.57. The molecule has 0 aliphatic carbocycles. The van der Waals surface area contributed by atoms with Crippen LogP contribution in [0.4, 0.5) is 10.1 Å². The maximum absolute atomic E-state index is 13.1. The van der Waals surface area contributed by atoms with Crippen LogP contribution in [0.2, 0.25) is 0 Å². The lowest BCUT2D eigenvalue weighted by Crippen LogP contribution is -1.99. The molecule has 0 saturated carbocycles. The van der Waals surface area contributed by atoms with Crippen molar-refractivity contribution in [3.8, 4) is 11.1 Å². The molecule has 84 valence electrons. The summed E-state index contributed by atoms with van der Waals surface area (Å²) >= 11 is 0. The van der Waals surface area contributed by atoms with Crippen LogP contribution in [0.3, 0.4) is 0 Å². The fourth-order valence-electron chi connectivity index (χ4n) is 1.54. The van der Waals surface area contributed by atoms with E-state index in [4.69, 9.17) is 5.73 Å². The SMILES string of the molecule is CC(C)n1cc(-c2cc(F)ccc2N)cn1. The Labute approximate surface area is 93.7 Å². The summed E-state index contributed by atoms with van der Waals surface area (Å²) in [4.78, 5) is 0. The second-order valence-corrected chi connectivity index (χ2v) is 4.03. The molecule has 1 aromatic heterocycles. The van der Waals surface area contributed by atoms with Gasteiger partial charge in [0.2, 0.25) is 0 Å². The molecule has 4 heteroatoms. The molecule has 0 unspecified atom stereocenters. The first-order valence-electron chi connectivity index (χ1n) is 5.17. The van der Waals surface area contributed by atoms with Crippen molar-refractivity contribution in [2.75, 3.05) is 5.73 Å². The highest BCUT2D eigenvalue weighted by Crippen LogP contribution is 2.26. The van der Waals surface area contributed by atoms with Crippen LogP contribution in [-0.2, 0) is 0 Å². The quantitative estimate of drug-likeness (QED) is 0.789. The number of hydrogen-bond donors (Lipinski definition) is 1. The Bertz CT molecular complexity index is 503. The topological polar surface area (TPSA) is 43.8 Å². The lowest BCUT2D eigenvalue weighted by Gasteiger charge is -2.04. The van der Waals surface area contributed by atoms with E-state index in [2.05, 4.69) is 5.10 Å². The van der Waals surface area contributed by atoms with Crippen molar-refractivity contribution < 1.29 is 4.39 Å². The van der Waals surface area contributed by atoms with E-state index in [9.17, 15) is 4.39 Å². The highest BCUT2D eigenvalue weighted by molar-refractivity contribution is 5.75. The first-order valence-corrected chi connectivity index (χ1v) is 5.17. The molecule has 0 radical (unpaired) electrons. The van der Waals surface area contributed by atoms with Crippen molar-refractivity contribution in [3.63, 3.8) is 0 Å². The Kier molecular flexibility index (Phi) is 2.64. The van der Waals surface area contributed by atoms with Crippen LogP contribution in [0.5, 0.6) is 0 Å². The number of nitrogens with two attached hydrogens (primary N) is 1. The van der Waals surface area contributed by atoms with Gasteiger partial charge in [0.15, 0.2) is 0 Å². The number of benzene rings is 1. The first kappa shape index (κ1) is 10.7. The van der Waals surface area contributed by atoms with Gasteiger partial charge in [-0.1, -0.05) is 0 Å². The van der Waals surface area contributed by atoms with Crippen molar-refractivity contribution in [1.29, 1.82) is 0 Å². The van der Waals surface area contributed by atoms with Gasteiger partial charge in [0.25, 0.3) is 0 Å². The molecule has 0 amide bonds. The van der Waals surface area contributed by atoms with Gasteiger partial charge >= 0.3 is 0 Å². The average Bonchev–Trinajstić information content (AvgIpc) is 2.70. The third-order valence-corrected chi connectivity index (χ3v) is 2.46. The third-order valence-electron chi connectivity index (χ3n) is 2.46. The minimum absolute atomic E-state index is 0.281. The number of anilines is 1. The monoisotopic (exact) mass is 219 g/mol. The molecule has 2 aromatic rings. The molecular formula is C12H14FN3. The lowest BCUT2D eigenvalue weighted by molar-refractivity contribution is 0.532. The molecule has 1 heterocycles. The van der Waals surface area contributed by atoms with E-state index >= 15 is 0 Å². The molecule has 0 aliphatic rings. The van der Waals surface area contributed by atoms with Crippen LogP contribution in [-0.4, -0.2) is 9.78 Å². The Morgan fingerprint density at radius 2 is 2.12 bits per heavy atom. The van der Waals surface area contributed by atoms with Gasteiger partial charge in [0, 0.05) is 29.1 Å². The predicted octanol–water partition coefficient (Wildman–Crippen LogP) is 2.85. The zero-order valence-corrected chi connectivity index (χ0v) is 9.31. The summed E-state index contributed by atoms with van der Waals surface area (Å²) in [5, 5.41) is 4.20. The van der Waals surface area contributed by atoms with Gasteiger partial charge in [0.1, 0.15) is 5.82 Å². The van der Waals surface area contributed by atoms with Crippen LogP contribution in [0.25, 0.3) is 11.1 Å². The normalized spacial score (nSPS) is 11.0. The van der Waals surface area contributed by atoms with E-state index in [1.54, 1.807) is 12.3 Å². The number of halogens is 1. The molecule has 3 nitrogen and oxygen atoms in total. The number of hydrogen-bond acceptors (Lipinski definition) is 2. The van der Waals surface area contributed by atoms with Crippen molar-refractivity contribution in [2.24, 2.45) is 0 Å². The summed E-state index contributed by atoms with van der Waals surface area (Å²) in [5.41, 5.74) is 7.89. The standard InChI is InChI=1S/C12H14FN3/c1-8(2)16-7-9(6-15-16)11-5-10(13)3-4-12(11)14/h3-8H,14H2,1-2H3. The largest absolute Gasteiger partial charge is 0.398 e. The number of rotatable bonds is 2. The van der Waals surface area contributed by atoms with E-state index in [0.717, 1.165) is 5.56 Å². The van der Waals surface area contributed by atoms with E-state index in [-0.39, 0.29) is 11.9 Å². The molecule has 0 atom stereocenters. The fraction of sp³-hybridized carbons (Fsp3) is 0.250. The maximum atomic E-state index is 13.1. The molecule has 2 rings (SSSR count). The Morgan fingerprint density at radius 1 is 1.38 bits per heavy atom. The second kappa shape index (κ2) is 3.96. The number of nitrogen functional groups attached to an aromatic ring is 1. The Morgan fingerprint density at radius 3 is 2.75 bits per heavy atom. The van der Waals surface area contributed by atoms with E-state index in [1.165, 1.54) is 12.1 Å². The van der Waals surface area contributed by atoms with Gasteiger partial charge in [-0.05, 0) is 32.0 Å². The van der Waals surface area contributed by atoms with Gasteiger partial charge < -0.3 is 5.73 Å². The van der Waals surface area contributed by atoms with E-state index in [1.807, 2.05) is 24.7 Å². The summed E-state index contributed by atoms with van der Waals surface area (Å²) in [6.45, 7) is 4.07. The highest BCUT2D eigenvalue weighted by Gasteiger charge is 2.08. The zero-order chi connectivity index (χ0) is 11.7. The maximum Gasteiger partial charge on any atom is 0.123 e. The van der Waals surface area contributed by atoms with Crippen molar-refractivity contribution in [3.05, 3.63) is 36.4 Å². The Hall–Kier alpha value is -1.84. The molecule has 0 aliphatic heterocycles. The number of aromatic nitrogens is 2. The predicted molar refractivity (Wildman–Crippen MR) is 62.4 cm³/mol. The van der Waals surface area contributed by atoms with Gasteiger partial charge in [-0.15, -0.1) is 0 Å². The van der Waals surface area contributed by atoms with Crippen molar-refractivity contribution in [2.45, 2.75) is 19.9 Å². The van der Waals surface area contributed by atoms with Crippen LogP contribution >= 0.6 is 0 Å². The van der Waals surface area contributed by atoms with Gasteiger partial charge in [0.05, 0.1) is 6.20 Å². The van der Waals surface area contributed by atoms with Gasteiger partial charge in [-0.25, -0.2) is 4.39 Å². The van der Waals surface area contributed by atoms with Crippen molar-refractivity contribution >= 4 is 5.69 Å². The van der Waals surface area contributed by atoms with Crippen molar-refractivity contribution in [1.82, 2.24) is 9.78 Å². The Balaban J connectivity index is 2.46. The van der Waals surface area contributed by atoms with Crippen LogP contribution in [0.1, 0.15) is 19.9 Å². The average molecular weight is 219 g/mol. The molecule has 0 fully saturated rings. The third kappa shape index (κ3) is 1.91. The smallest absolute Gasteiger partial charge is 0.123 e. The minimum atomic E-state index is -0.290. The number of nitrogens with zero attached hydrogens (tertiary/aromatic N) is 2. The molecule has 0 spiro atoms. The van der Waals surface area contributed by atoms with E-state index in [0.29, 0.717) is 11.3 Å². The zero-order valence-electron chi connectivity index (χ0n) is 9.31. The van der Waals surface area contributed by atoms with Gasteiger partial charge in [-0.3, -0.25) is 4.68 Å². The first-order chi connectivity index (χ1) is 7.58. The molecule has 1 aromatic carbocycles. The lowest BCUT2D eigenvalue weighted by atomic mass is 10.1. The minimum Gasteiger partial charge on any atom is -0.398 e. The fourth-order valence-corrected chi connectivity index (χ4v) is 1.54. The van der Waals surface area contributed by atoms with E-state index < -0.39 is 0 Å². The van der Waals surface area contributed by atoms with Crippen LogP contribution in [0, 0.1) is 5.82 Å².